The fraction of sp³-hybridized carbons (Fsp3) is 0.833. The minimum absolute atomic E-state index is 0.300. The second kappa shape index (κ2) is 30.7. The molecule has 204 valence electrons. The molecule has 0 aromatic carbocycles. The average Bonchev–Trinajstić information content (AvgIpc) is 2.87. The third-order valence-electron chi connectivity index (χ3n) is 4.23. The zero-order valence-electron chi connectivity index (χ0n) is 21.0. The van der Waals surface area contributed by atoms with Crippen molar-refractivity contribution in [3.63, 3.8) is 0 Å². The van der Waals surface area contributed by atoms with Gasteiger partial charge in [-0.1, -0.05) is 11.8 Å². The number of ether oxygens (including phenoxy) is 8. The molecule has 0 saturated heterocycles. The molecule has 0 unspecified atom stereocenters. The first kappa shape index (κ1) is 33.7. The van der Waals surface area contributed by atoms with E-state index in [-0.39, 0.29) is 0 Å². The van der Waals surface area contributed by atoms with E-state index < -0.39 is 0 Å². The lowest BCUT2D eigenvalue weighted by atomic mass is 10.4. The molecule has 11 nitrogen and oxygen atoms in total. The van der Waals surface area contributed by atoms with E-state index in [1.807, 2.05) is 0 Å². The van der Waals surface area contributed by atoms with Gasteiger partial charge in [0.25, 0.3) is 0 Å². The van der Waals surface area contributed by atoms with Crippen LogP contribution in [0.3, 0.4) is 0 Å². The van der Waals surface area contributed by atoms with Gasteiger partial charge in [-0.2, -0.15) is 0 Å². The van der Waals surface area contributed by atoms with Gasteiger partial charge in [-0.05, 0) is 0 Å². The van der Waals surface area contributed by atoms with Crippen molar-refractivity contribution < 1.29 is 42.7 Å². The zero-order valence-corrected chi connectivity index (χ0v) is 21.0. The molecular formula is C24H44N2O9. The summed E-state index contributed by atoms with van der Waals surface area (Å²) >= 11 is 0. The van der Waals surface area contributed by atoms with Gasteiger partial charge in [0.2, 0.25) is 0 Å². The third-order valence-corrected chi connectivity index (χ3v) is 4.23. The quantitative estimate of drug-likeness (QED) is 0.0814. The molecule has 0 saturated carbocycles. The van der Waals surface area contributed by atoms with Crippen LogP contribution in [-0.4, -0.2) is 137 Å². The van der Waals surface area contributed by atoms with Crippen LogP contribution in [0.25, 0.3) is 0 Å². The summed E-state index contributed by atoms with van der Waals surface area (Å²) in [6.45, 7) is 10.4. The number of rotatable bonds is 29. The monoisotopic (exact) mass is 504 g/mol. The molecule has 0 fully saturated rings. The Bertz CT molecular complexity index is 466. The molecule has 0 aliphatic heterocycles. The number of hydrogen-bond donors (Lipinski definition) is 1. The van der Waals surface area contributed by atoms with Gasteiger partial charge < -0.3 is 42.7 Å². The predicted octanol–water partition coefficient (Wildman–Crippen LogP) is -0.422. The van der Waals surface area contributed by atoms with Gasteiger partial charge in [-0.25, -0.2) is 5.90 Å². The van der Waals surface area contributed by atoms with Crippen molar-refractivity contribution in [2.45, 2.75) is 0 Å². The Labute approximate surface area is 210 Å². The Hall–Kier alpha value is -1.32. The van der Waals surface area contributed by atoms with Gasteiger partial charge in [0, 0.05) is 19.6 Å². The van der Waals surface area contributed by atoms with Crippen molar-refractivity contribution in [3.8, 4) is 24.7 Å². The minimum Gasteiger partial charge on any atom is -0.378 e. The first-order valence-electron chi connectivity index (χ1n) is 11.9. The summed E-state index contributed by atoms with van der Waals surface area (Å²) in [6.07, 6.45) is 10.2. The number of hydrogen-bond acceptors (Lipinski definition) is 11. The van der Waals surface area contributed by atoms with Crippen molar-refractivity contribution in [2.75, 3.05) is 132 Å². The van der Waals surface area contributed by atoms with Crippen molar-refractivity contribution >= 4 is 0 Å². The lowest BCUT2D eigenvalue weighted by molar-refractivity contribution is -0.00414. The molecule has 0 bridgehead atoms. The maximum Gasteiger partial charge on any atom is 0.107 e. The summed E-state index contributed by atoms with van der Waals surface area (Å²) in [6, 6.07) is 0. The molecule has 0 aromatic heterocycles. The summed E-state index contributed by atoms with van der Waals surface area (Å²) in [7, 11) is 0. The van der Waals surface area contributed by atoms with Crippen molar-refractivity contribution in [3.05, 3.63) is 0 Å². The summed E-state index contributed by atoms with van der Waals surface area (Å²) in [5, 5.41) is 0. The highest BCUT2D eigenvalue weighted by Crippen LogP contribution is 1.93. The molecule has 0 rings (SSSR count). The van der Waals surface area contributed by atoms with Crippen molar-refractivity contribution in [1.29, 1.82) is 0 Å². The average molecular weight is 505 g/mol. The minimum atomic E-state index is 0.300. The van der Waals surface area contributed by atoms with Crippen LogP contribution in [0.4, 0.5) is 0 Å². The standard InChI is InChI=1S/C24H44N2O9/c1-3-8-27-13-18-32-20-15-29-10-5-26(7-12-31-17-22-34-23-24-35-25)6-11-30-16-21-33-19-14-28-9-4-2/h1-2H,5-25H2. The first-order chi connectivity index (χ1) is 17.3. The van der Waals surface area contributed by atoms with E-state index >= 15 is 0 Å². The molecule has 2 N–H and O–H groups in total. The Morgan fingerprint density at radius 2 is 0.714 bits per heavy atom. The third kappa shape index (κ3) is 28.8. The Kier molecular flexibility index (Phi) is 29.6. The van der Waals surface area contributed by atoms with Gasteiger partial charge in [0.15, 0.2) is 0 Å². The highest BCUT2D eigenvalue weighted by atomic mass is 16.6. The molecule has 0 heterocycles. The second-order valence-electron chi connectivity index (χ2n) is 6.90. The normalized spacial score (nSPS) is 11.1. The van der Waals surface area contributed by atoms with Crippen LogP contribution in [0, 0.1) is 24.7 Å². The van der Waals surface area contributed by atoms with E-state index in [4.69, 9.17) is 56.6 Å². The Morgan fingerprint density at radius 3 is 1.03 bits per heavy atom. The molecule has 0 amide bonds. The summed E-state index contributed by atoms with van der Waals surface area (Å²) < 4.78 is 43.4. The van der Waals surface area contributed by atoms with Crippen LogP contribution in [-0.2, 0) is 42.7 Å². The van der Waals surface area contributed by atoms with Crippen LogP contribution in [0.2, 0.25) is 0 Å². The van der Waals surface area contributed by atoms with E-state index in [0.29, 0.717) is 112 Å². The summed E-state index contributed by atoms with van der Waals surface area (Å²) in [5.74, 6) is 9.76. The van der Waals surface area contributed by atoms with Crippen LogP contribution in [0.15, 0.2) is 0 Å². The molecule has 0 aliphatic carbocycles. The smallest absolute Gasteiger partial charge is 0.107 e. The number of nitrogens with zero attached hydrogens (tertiary/aromatic N) is 1. The van der Waals surface area contributed by atoms with E-state index in [0.717, 1.165) is 19.6 Å². The number of terminal acetylenes is 2. The molecule has 11 heteroatoms. The zero-order chi connectivity index (χ0) is 25.5. The highest BCUT2D eigenvalue weighted by molar-refractivity contribution is 4.83. The van der Waals surface area contributed by atoms with E-state index in [9.17, 15) is 0 Å². The fourth-order valence-electron chi connectivity index (χ4n) is 2.49. The molecule has 0 atom stereocenters. The maximum atomic E-state index is 5.67. The fourth-order valence-corrected chi connectivity index (χ4v) is 2.49. The molecule has 35 heavy (non-hydrogen) atoms. The lowest BCUT2D eigenvalue weighted by Gasteiger charge is -2.22. The lowest BCUT2D eigenvalue weighted by Crippen LogP contribution is -2.34. The Morgan fingerprint density at radius 1 is 0.429 bits per heavy atom. The number of nitrogens with two attached hydrogens (primary N) is 1. The molecule has 0 radical (unpaired) electrons. The van der Waals surface area contributed by atoms with Crippen LogP contribution in [0.1, 0.15) is 0 Å². The first-order valence-corrected chi connectivity index (χ1v) is 11.9. The molecule has 0 aromatic rings. The van der Waals surface area contributed by atoms with Gasteiger partial charge >= 0.3 is 0 Å². The summed E-state index contributed by atoms with van der Waals surface area (Å²) in [5.41, 5.74) is 0. The van der Waals surface area contributed by atoms with Crippen molar-refractivity contribution in [2.24, 2.45) is 5.90 Å². The summed E-state index contributed by atoms with van der Waals surface area (Å²) in [4.78, 5) is 6.67. The van der Waals surface area contributed by atoms with E-state index in [2.05, 4.69) is 21.6 Å². The van der Waals surface area contributed by atoms with Crippen LogP contribution < -0.4 is 5.90 Å². The van der Waals surface area contributed by atoms with Gasteiger partial charge in [-0.15, -0.1) is 12.8 Å². The molecule has 0 spiro atoms. The SMILES string of the molecule is C#CCOCCOCCOCCN(CCOCCOCCON)CCOCCOCCOCC#C. The molecular weight excluding hydrogens is 460 g/mol. The van der Waals surface area contributed by atoms with Crippen LogP contribution in [0.5, 0.6) is 0 Å². The van der Waals surface area contributed by atoms with Gasteiger partial charge in [-0.3, -0.25) is 4.90 Å². The highest BCUT2D eigenvalue weighted by Gasteiger charge is 2.06. The Balaban J connectivity index is 3.87. The molecule has 0 aliphatic rings. The maximum absolute atomic E-state index is 5.67. The predicted molar refractivity (Wildman–Crippen MR) is 131 cm³/mol. The van der Waals surface area contributed by atoms with Gasteiger partial charge in [0.05, 0.1) is 99.1 Å². The van der Waals surface area contributed by atoms with Crippen molar-refractivity contribution in [1.82, 2.24) is 4.90 Å². The van der Waals surface area contributed by atoms with E-state index in [1.54, 1.807) is 0 Å². The van der Waals surface area contributed by atoms with Gasteiger partial charge in [0.1, 0.15) is 13.2 Å². The van der Waals surface area contributed by atoms with Crippen LogP contribution >= 0.6 is 0 Å². The second-order valence-corrected chi connectivity index (χ2v) is 6.90. The largest absolute Gasteiger partial charge is 0.378 e. The topological polar surface area (TPSA) is 112 Å². The van der Waals surface area contributed by atoms with E-state index in [1.165, 1.54) is 0 Å².